The molecule has 1 aliphatic rings. The van der Waals surface area contributed by atoms with Gasteiger partial charge in [-0.1, -0.05) is 11.6 Å². The zero-order chi connectivity index (χ0) is 26.0. The Morgan fingerprint density at radius 2 is 1.94 bits per heavy atom. The van der Waals surface area contributed by atoms with Crippen LogP contribution in [-0.4, -0.2) is 66.4 Å². The molecule has 1 aromatic carbocycles. The maximum atomic E-state index is 12.4. The molecule has 4 aromatic rings. The highest BCUT2D eigenvalue weighted by Gasteiger charge is 2.32. The largest absolute Gasteiger partial charge is 0.444 e. The van der Waals surface area contributed by atoms with Gasteiger partial charge in [0.25, 0.3) is 6.01 Å². The molecule has 0 aliphatic carbocycles. The molecule has 0 saturated carbocycles. The van der Waals surface area contributed by atoms with Gasteiger partial charge in [0.1, 0.15) is 16.9 Å². The van der Waals surface area contributed by atoms with Gasteiger partial charge in [-0.05, 0) is 39.8 Å². The molecular weight excluding hydrogens is 482 g/mol. The predicted octanol–water partition coefficient (Wildman–Crippen LogP) is 4.75. The van der Waals surface area contributed by atoms with Crippen LogP contribution < -0.4 is 4.90 Å². The number of anilines is 1. The van der Waals surface area contributed by atoms with Gasteiger partial charge in [-0.3, -0.25) is 0 Å². The van der Waals surface area contributed by atoms with E-state index in [2.05, 4.69) is 19.9 Å². The maximum absolute atomic E-state index is 12.4. The molecule has 0 N–H and O–H groups in total. The smallest absolute Gasteiger partial charge is 0.410 e. The highest BCUT2D eigenvalue weighted by Crippen LogP contribution is 2.34. The zero-order valence-corrected chi connectivity index (χ0v) is 22.2. The number of benzene rings is 1. The molecule has 1 fully saturated rings. The van der Waals surface area contributed by atoms with Crippen LogP contribution >= 0.6 is 11.6 Å². The number of carbonyl (C=O) groups is 1. The van der Waals surface area contributed by atoms with Crippen LogP contribution in [0.25, 0.3) is 22.5 Å². The number of aryl methyl sites for hydroxylation is 2. The Kier molecular flexibility index (Phi) is 7.26. The van der Waals surface area contributed by atoms with E-state index in [0.717, 1.165) is 11.4 Å². The normalized spacial score (nSPS) is 16.1. The molecule has 1 amide bonds. The number of oxazole rings is 1. The molecule has 4 heterocycles. The first-order valence-electron chi connectivity index (χ1n) is 11.8. The summed E-state index contributed by atoms with van der Waals surface area (Å²) in [7, 11) is 3.86. The van der Waals surface area contributed by atoms with E-state index < -0.39 is 5.60 Å². The standard InChI is InChI=1S/C21H26ClN5O3.C4H6N2/c1-13-12-26(20(28)30-21(2,3)4)8-9-27(13)19-24-16-11-14(22)10-15(17(16)29-19)18-23-6-7-25(18)5;1-6-3-2-5-4-6/h6-7,10-11,13H,8-9,12H2,1-5H3;2-4H,1H3/t13-;/m0./s1. The van der Waals surface area contributed by atoms with Crippen LogP contribution in [0.4, 0.5) is 10.8 Å². The third-order valence-electron chi connectivity index (χ3n) is 5.67. The first-order chi connectivity index (χ1) is 17.0. The lowest BCUT2D eigenvalue weighted by Crippen LogP contribution is -2.54. The van der Waals surface area contributed by atoms with Crippen molar-refractivity contribution in [2.45, 2.75) is 39.3 Å². The average Bonchev–Trinajstić information content (AvgIpc) is 3.53. The Labute approximate surface area is 215 Å². The van der Waals surface area contributed by atoms with Crippen molar-refractivity contribution in [1.29, 1.82) is 0 Å². The minimum absolute atomic E-state index is 0.0198. The highest BCUT2D eigenvalue weighted by atomic mass is 35.5. The van der Waals surface area contributed by atoms with Crippen molar-refractivity contribution >= 4 is 34.8 Å². The van der Waals surface area contributed by atoms with Crippen molar-refractivity contribution in [2.75, 3.05) is 24.5 Å². The summed E-state index contributed by atoms with van der Waals surface area (Å²) in [4.78, 5) is 29.1. The van der Waals surface area contributed by atoms with Crippen LogP contribution in [0.2, 0.25) is 5.02 Å². The minimum Gasteiger partial charge on any atom is -0.444 e. The quantitative estimate of drug-likeness (QED) is 0.382. The van der Waals surface area contributed by atoms with E-state index in [1.807, 2.05) is 69.4 Å². The third-order valence-corrected chi connectivity index (χ3v) is 5.89. The minimum atomic E-state index is -0.515. The van der Waals surface area contributed by atoms with E-state index >= 15 is 0 Å². The first kappa shape index (κ1) is 25.6. The number of ether oxygens (including phenoxy) is 1. The van der Waals surface area contributed by atoms with Gasteiger partial charge in [0, 0.05) is 69.6 Å². The van der Waals surface area contributed by atoms with E-state index in [0.29, 0.717) is 41.8 Å². The Morgan fingerprint density at radius 1 is 1.17 bits per heavy atom. The van der Waals surface area contributed by atoms with Crippen molar-refractivity contribution in [1.82, 2.24) is 29.0 Å². The third kappa shape index (κ3) is 5.81. The van der Waals surface area contributed by atoms with Crippen molar-refractivity contribution in [3.05, 3.63) is 48.3 Å². The molecule has 0 unspecified atom stereocenters. The van der Waals surface area contributed by atoms with Crippen molar-refractivity contribution < 1.29 is 13.9 Å². The fourth-order valence-corrected chi connectivity index (χ4v) is 4.17. The molecule has 10 nitrogen and oxygen atoms in total. The molecule has 192 valence electrons. The van der Waals surface area contributed by atoms with E-state index in [9.17, 15) is 4.79 Å². The number of halogens is 1. The number of piperazine rings is 1. The van der Waals surface area contributed by atoms with Gasteiger partial charge in [0.05, 0.1) is 11.9 Å². The number of hydrogen-bond acceptors (Lipinski definition) is 7. The monoisotopic (exact) mass is 513 g/mol. The molecule has 0 spiro atoms. The number of amides is 1. The average molecular weight is 514 g/mol. The Bertz CT molecular complexity index is 1320. The topological polar surface area (TPSA) is 94.5 Å². The Balaban J connectivity index is 0.000000445. The molecule has 0 radical (unpaired) electrons. The molecular formula is C25H32ClN7O3. The summed E-state index contributed by atoms with van der Waals surface area (Å²) in [5.74, 6) is 0.757. The number of aromatic nitrogens is 5. The molecule has 11 heteroatoms. The lowest BCUT2D eigenvalue weighted by Gasteiger charge is -2.39. The molecule has 1 aliphatic heterocycles. The van der Waals surface area contributed by atoms with Crippen molar-refractivity contribution in [3.63, 3.8) is 0 Å². The van der Waals surface area contributed by atoms with Crippen molar-refractivity contribution in [3.8, 4) is 11.4 Å². The molecule has 5 rings (SSSR count). The molecule has 3 aromatic heterocycles. The van der Waals surface area contributed by atoms with Gasteiger partial charge in [0.2, 0.25) is 0 Å². The van der Waals surface area contributed by atoms with Gasteiger partial charge in [0.15, 0.2) is 5.58 Å². The summed E-state index contributed by atoms with van der Waals surface area (Å²) in [6, 6.07) is 4.16. The van der Waals surface area contributed by atoms with Crippen molar-refractivity contribution in [2.24, 2.45) is 14.1 Å². The van der Waals surface area contributed by atoms with Crippen LogP contribution in [0.15, 0.2) is 47.7 Å². The fourth-order valence-electron chi connectivity index (χ4n) is 3.96. The van der Waals surface area contributed by atoms with E-state index in [-0.39, 0.29) is 12.1 Å². The Morgan fingerprint density at radius 3 is 2.50 bits per heavy atom. The summed E-state index contributed by atoms with van der Waals surface area (Å²) in [6.07, 6.45) is 8.70. The molecule has 36 heavy (non-hydrogen) atoms. The zero-order valence-electron chi connectivity index (χ0n) is 21.5. The summed E-state index contributed by atoms with van der Waals surface area (Å²) >= 11 is 6.33. The van der Waals surface area contributed by atoms with Crippen LogP contribution in [0.5, 0.6) is 0 Å². The van der Waals surface area contributed by atoms with Crippen LogP contribution in [0, 0.1) is 0 Å². The van der Waals surface area contributed by atoms with Gasteiger partial charge in [-0.15, -0.1) is 0 Å². The first-order valence-corrected chi connectivity index (χ1v) is 12.1. The number of imidazole rings is 2. The van der Waals surface area contributed by atoms with E-state index in [4.69, 9.17) is 20.8 Å². The summed E-state index contributed by atoms with van der Waals surface area (Å²) in [5.41, 5.74) is 1.60. The van der Waals surface area contributed by atoms with Gasteiger partial charge in [-0.2, -0.15) is 4.98 Å². The van der Waals surface area contributed by atoms with Gasteiger partial charge < -0.3 is 28.1 Å². The second-order valence-electron chi connectivity index (χ2n) is 9.86. The molecule has 0 bridgehead atoms. The number of nitrogens with zero attached hydrogens (tertiary/aromatic N) is 7. The van der Waals surface area contributed by atoms with Crippen LogP contribution in [0.3, 0.4) is 0 Å². The summed E-state index contributed by atoms with van der Waals surface area (Å²) in [5, 5.41) is 0.572. The molecule has 1 atom stereocenters. The van der Waals surface area contributed by atoms with Crippen LogP contribution in [-0.2, 0) is 18.8 Å². The Hall–Kier alpha value is -3.53. The lowest BCUT2D eigenvalue weighted by molar-refractivity contribution is 0.0216. The SMILES string of the molecule is C[C@H]1CN(C(=O)OC(C)(C)C)CCN1c1nc2cc(Cl)cc(-c3nccn3C)c2o1.Cn1ccnc1. The predicted molar refractivity (Wildman–Crippen MR) is 139 cm³/mol. The maximum Gasteiger partial charge on any atom is 0.410 e. The second-order valence-corrected chi connectivity index (χ2v) is 10.3. The van der Waals surface area contributed by atoms with E-state index in [1.54, 1.807) is 29.7 Å². The number of fused-ring (bicyclic) bond motifs is 1. The summed E-state index contributed by atoms with van der Waals surface area (Å²) in [6.45, 7) is 9.30. The number of rotatable bonds is 2. The second kappa shape index (κ2) is 10.2. The number of hydrogen-bond donors (Lipinski definition) is 0. The van der Waals surface area contributed by atoms with Crippen LogP contribution in [0.1, 0.15) is 27.7 Å². The fraction of sp³-hybridized carbons (Fsp3) is 0.440. The molecule has 1 saturated heterocycles. The highest BCUT2D eigenvalue weighted by molar-refractivity contribution is 6.31. The van der Waals surface area contributed by atoms with Gasteiger partial charge >= 0.3 is 6.09 Å². The lowest BCUT2D eigenvalue weighted by atomic mass is 10.2. The number of carbonyl (C=O) groups excluding carboxylic acids is 1. The van der Waals surface area contributed by atoms with E-state index in [1.165, 1.54) is 0 Å². The van der Waals surface area contributed by atoms with Gasteiger partial charge in [-0.25, -0.2) is 14.8 Å². The summed E-state index contributed by atoms with van der Waals surface area (Å²) < 4.78 is 15.5.